The quantitative estimate of drug-likeness (QED) is 0.870. The van der Waals surface area contributed by atoms with Crippen molar-refractivity contribution < 1.29 is 13.9 Å². The lowest BCUT2D eigenvalue weighted by molar-refractivity contribution is -0.154. The van der Waals surface area contributed by atoms with E-state index in [0.717, 1.165) is 19.3 Å². The number of nitrogens with one attached hydrogen (secondary N) is 1. The van der Waals surface area contributed by atoms with Gasteiger partial charge in [0.1, 0.15) is 17.1 Å². The average Bonchev–Trinajstić information content (AvgIpc) is 2.71. The Morgan fingerprint density at radius 3 is 2.90 bits per heavy atom. The average molecular weight is 341 g/mol. The SMILES string of the molecule is CCOC(=O)C1(c2nc3cc(Br)c(F)cc3[nH]2)CCC1. The van der Waals surface area contributed by atoms with Gasteiger partial charge in [0.2, 0.25) is 0 Å². The molecule has 1 aromatic heterocycles. The molecule has 0 aliphatic heterocycles. The van der Waals surface area contributed by atoms with Crippen molar-refractivity contribution in [3.8, 4) is 0 Å². The molecule has 1 heterocycles. The normalized spacial score (nSPS) is 16.9. The van der Waals surface area contributed by atoms with Crippen molar-refractivity contribution in [3.05, 3.63) is 28.2 Å². The van der Waals surface area contributed by atoms with Crippen LogP contribution in [0, 0.1) is 5.82 Å². The summed E-state index contributed by atoms with van der Waals surface area (Å²) < 4.78 is 19.1. The summed E-state index contributed by atoms with van der Waals surface area (Å²) in [6.07, 6.45) is 2.40. The van der Waals surface area contributed by atoms with Crippen molar-refractivity contribution in [2.24, 2.45) is 0 Å². The van der Waals surface area contributed by atoms with Crippen LogP contribution in [0.2, 0.25) is 0 Å². The molecule has 20 heavy (non-hydrogen) atoms. The summed E-state index contributed by atoms with van der Waals surface area (Å²) >= 11 is 3.14. The second-order valence-electron chi connectivity index (χ2n) is 5.03. The zero-order chi connectivity index (χ0) is 14.3. The first-order valence-electron chi connectivity index (χ1n) is 6.59. The molecule has 0 radical (unpaired) electrons. The molecule has 0 amide bonds. The first-order chi connectivity index (χ1) is 9.56. The first-order valence-corrected chi connectivity index (χ1v) is 7.38. The highest BCUT2D eigenvalue weighted by Crippen LogP contribution is 2.44. The Morgan fingerprint density at radius 2 is 2.30 bits per heavy atom. The molecule has 106 valence electrons. The number of imidazole rings is 1. The van der Waals surface area contributed by atoms with Gasteiger partial charge in [0.15, 0.2) is 0 Å². The summed E-state index contributed by atoms with van der Waals surface area (Å²) in [6, 6.07) is 3.00. The van der Waals surface area contributed by atoms with Gasteiger partial charge < -0.3 is 9.72 Å². The highest BCUT2D eigenvalue weighted by molar-refractivity contribution is 9.10. The van der Waals surface area contributed by atoms with Crippen molar-refractivity contribution in [2.45, 2.75) is 31.6 Å². The van der Waals surface area contributed by atoms with E-state index in [1.54, 1.807) is 13.0 Å². The van der Waals surface area contributed by atoms with E-state index in [4.69, 9.17) is 4.74 Å². The van der Waals surface area contributed by atoms with Gasteiger partial charge in [-0.25, -0.2) is 9.37 Å². The molecule has 1 N–H and O–H groups in total. The number of nitrogens with zero attached hydrogens (tertiary/aromatic N) is 1. The van der Waals surface area contributed by atoms with Crippen LogP contribution in [0.1, 0.15) is 32.0 Å². The Kier molecular flexibility index (Phi) is 3.28. The molecular weight excluding hydrogens is 327 g/mol. The third-order valence-electron chi connectivity index (χ3n) is 3.85. The fourth-order valence-electron chi connectivity index (χ4n) is 2.57. The molecule has 0 atom stereocenters. The minimum Gasteiger partial charge on any atom is -0.465 e. The third kappa shape index (κ3) is 1.93. The molecule has 1 aliphatic rings. The predicted molar refractivity (Wildman–Crippen MR) is 75.9 cm³/mol. The monoisotopic (exact) mass is 340 g/mol. The van der Waals surface area contributed by atoms with Gasteiger partial charge in [-0.3, -0.25) is 4.79 Å². The van der Waals surface area contributed by atoms with Crippen LogP contribution in [0.4, 0.5) is 4.39 Å². The van der Waals surface area contributed by atoms with Crippen LogP contribution >= 0.6 is 15.9 Å². The molecule has 0 saturated heterocycles. The van der Waals surface area contributed by atoms with Crippen LogP contribution in [0.5, 0.6) is 0 Å². The Bertz CT molecular complexity index is 640. The third-order valence-corrected chi connectivity index (χ3v) is 4.46. The van der Waals surface area contributed by atoms with Crippen molar-refractivity contribution in [2.75, 3.05) is 6.61 Å². The van der Waals surface area contributed by atoms with E-state index in [0.29, 0.717) is 27.9 Å². The minimum absolute atomic E-state index is 0.246. The topological polar surface area (TPSA) is 55.0 Å². The van der Waals surface area contributed by atoms with E-state index in [2.05, 4.69) is 25.9 Å². The van der Waals surface area contributed by atoms with Crippen LogP contribution in [0.25, 0.3) is 11.0 Å². The van der Waals surface area contributed by atoms with Crippen molar-refractivity contribution in [1.29, 1.82) is 0 Å². The molecule has 4 nitrogen and oxygen atoms in total. The molecule has 2 aromatic rings. The summed E-state index contributed by atoms with van der Waals surface area (Å²) in [5.74, 6) is -0.0222. The van der Waals surface area contributed by atoms with Crippen LogP contribution in [0.3, 0.4) is 0 Å². The fraction of sp³-hybridized carbons (Fsp3) is 0.429. The highest BCUT2D eigenvalue weighted by Gasteiger charge is 2.49. The summed E-state index contributed by atoms with van der Waals surface area (Å²) in [5.41, 5.74) is 0.554. The van der Waals surface area contributed by atoms with Crippen molar-refractivity contribution in [1.82, 2.24) is 9.97 Å². The molecule has 1 fully saturated rings. The van der Waals surface area contributed by atoms with Gasteiger partial charge in [-0.1, -0.05) is 6.42 Å². The van der Waals surface area contributed by atoms with Gasteiger partial charge in [-0.15, -0.1) is 0 Å². The van der Waals surface area contributed by atoms with E-state index in [9.17, 15) is 9.18 Å². The molecule has 0 bridgehead atoms. The molecule has 1 aliphatic carbocycles. The molecule has 0 unspecified atom stereocenters. The maximum absolute atomic E-state index is 13.5. The fourth-order valence-corrected chi connectivity index (χ4v) is 2.90. The Labute approximate surface area is 123 Å². The number of carbonyl (C=O) groups excluding carboxylic acids is 1. The van der Waals surface area contributed by atoms with Gasteiger partial charge in [0, 0.05) is 6.07 Å². The van der Waals surface area contributed by atoms with Crippen molar-refractivity contribution in [3.63, 3.8) is 0 Å². The number of benzene rings is 1. The van der Waals surface area contributed by atoms with Gasteiger partial charge in [-0.2, -0.15) is 0 Å². The smallest absolute Gasteiger partial charge is 0.319 e. The first kappa shape index (κ1) is 13.5. The van der Waals surface area contributed by atoms with Crippen molar-refractivity contribution >= 4 is 32.9 Å². The lowest BCUT2D eigenvalue weighted by Gasteiger charge is -2.37. The van der Waals surface area contributed by atoms with Crippen LogP contribution in [-0.4, -0.2) is 22.5 Å². The zero-order valence-electron chi connectivity index (χ0n) is 11.0. The number of hydrogen-bond donors (Lipinski definition) is 1. The van der Waals surface area contributed by atoms with Gasteiger partial charge in [-0.05, 0) is 41.8 Å². The number of rotatable bonds is 3. The summed E-state index contributed by atoms with van der Waals surface area (Å²) in [7, 11) is 0. The Balaban J connectivity index is 2.06. The number of aromatic nitrogens is 2. The maximum Gasteiger partial charge on any atom is 0.319 e. The summed E-state index contributed by atoms with van der Waals surface area (Å²) in [4.78, 5) is 19.7. The number of ether oxygens (including phenoxy) is 1. The molecule has 6 heteroatoms. The standard InChI is InChI=1S/C14H14BrFN2O2/c1-2-20-13(19)14(4-3-5-14)12-17-10-6-8(15)9(16)7-11(10)18-12/h6-7H,2-5H2,1H3,(H,17,18). The second kappa shape index (κ2) is 4.84. The summed E-state index contributed by atoms with van der Waals surface area (Å²) in [5, 5.41) is 0. The Hall–Kier alpha value is -1.43. The van der Waals surface area contributed by atoms with E-state index in [1.165, 1.54) is 6.07 Å². The molecule has 3 rings (SSSR count). The molecule has 1 aromatic carbocycles. The number of halogens is 2. The largest absolute Gasteiger partial charge is 0.465 e. The number of H-pyrrole nitrogens is 1. The maximum atomic E-state index is 13.5. The van der Waals surface area contributed by atoms with E-state index in [1.807, 2.05) is 0 Å². The number of aromatic amines is 1. The molecule has 0 spiro atoms. The Morgan fingerprint density at radius 1 is 1.55 bits per heavy atom. The van der Waals surface area contributed by atoms with E-state index < -0.39 is 5.41 Å². The predicted octanol–water partition coefficient (Wildman–Crippen LogP) is 3.45. The van der Waals surface area contributed by atoms with Gasteiger partial charge in [0.25, 0.3) is 0 Å². The molecule has 1 saturated carbocycles. The minimum atomic E-state index is -0.683. The lowest BCUT2D eigenvalue weighted by atomic mass is 9.68. The van der Waals surface area contributed by atoms with Crippen LogP contribution in [-0.2, 0) is 14.9 Å². The molecular formula is C14H14BrFN2O2. The number of esters is 1. The van der Waals surface area contributed by atoms with Crippen LogP contribution in [0.15, 0.2) is 16.6 Å². The second-order valence-corrected chi connectivity index (χ2v) is 5.88. The van der Waals surface area contributed by atoms with E-state index in [-0.39, 0.29) is 11.8 Å². The van der Waals surface area contributed by atoms with E-state index >= 15 is 0 Å². The van der Waals surface area contributed by atoms with Gasteiger partial charge >= 0.3 is 5.97 Å². The summed E-state index contributed by atoms with van der Waals surface area (Å²) in [6.45, 7) is 2.14. The highest BCUT2D eigenvalue weighted by atomic mass is 79.9. The lowest BCUT2D eigenvalue weighted by Crippen LogP contribution is -2.44. The van der Waals surface area contributed by atoms with Crippen LogP contribution < -0.4 is 0 Å². The number of hydrogen-bond acceptors (Lipinski definition) is 3. The zero-order valence-corrected chi connectivity index (χ0v) is 12.6. The van der Waals surface area contributed by atoms with Gasteiger partial charge in [0.05, 0.1) is 22.1 Å². The number of carbonyl (C=O) groups is 1. The number of fused-ring (bicyclic) bond motifs is 1.